The number of carbonyl (C=O) groups excluding carboxylic acids is 1. The van der Waals surface area contributed by atoms with E-state index in [0.717, 1.165) is 25.9 Å². The van der Waals surface area contributed by atoms with Crippen LogP contribution in [0.4, 0.5) is 0 Å². The van der Waals surface area contributed by atoms with Gasteiger partial charge in [-0.25, -0.2) is 0 Å². The second-order valence-electron chi connectivity index (χ2n) is 5.91. The average Bonchev–Trinajstić information content (AvgIpc) is 2.42. The van der Waals surface area contributed by atoms with Crippen molar-refractivity contribution in [2.24, 2.45) is 17.6 Å². The molecule has 1 saturated heterocycles. The van der Waals surface area contributed by atoms with E-state index in [0.29, 0.717) is 23.5 Å². The van der Waals surface area contributed by atoms with E-state index in [2.05, 4.69) is 19.2 Å². The van der Waals surface area contributed by atoms with Gasteiger partial charge in [-0.05, 0) is 49.8 Å². The van der Waals surface area contributed by atoms with Crippen molar-refractivity contribution in [3.8, 4) is 0 Å². The van der Waals surface area contributed by atoms with E-state index in [-0.39, 0.29) is 5.91 Å². The van der Waals surface area contributed by atoms with Crippen LogP contribution in [-0.4, -0.2) is 30.0 Å². The van der Waals surface area contributed by atoms with Crippen molar-refractivity contribution in [3.63, 3.8) is 0 Å². The first-order chi connectivity index (χ1) is 9.13. The molecule has 2 unspecified atom stereocenters. The molecule has 0 aromatic carbocycles. The van der Waals surface area contributed by atoms with E-state index in [1.165, 1.54) is 25.0 Å². The monoisotopic (exact) mass is 286 g/mol. The summed E-state index contributed by atoms with van der Waals surface area (Å²) in [5.74, 6) is 2.67. The number of nitrogens with two attached hydrogens (primary N) is 1. The lowest BCUT2D eigenvalue weighted by atomic mass is 9.88. The van der Waals surface area contributed by atoms with Crippen LogP contribution >= 0.6 is 11.8 Å². The van der Waals surface area contributed by atoms with Gasteiger partial charge in [0.25, 0.3) is 0 Å². The molecule has 0 spiro atoms. The van der Waals surface area contributed by atoms with E-state index in [1.807, 2.05) is 11.8 Å². The van der Waals surface area contributed by atoms with E-state index in [4.69, 9.17) is 5.73 Å². The SMILES string of the molecule is CC(C)C(CCN)CCC(=O)NCC1CCCCS1. The fourth-order valence-corrected chi connectivity index (χ4v) is 3.86. The predicted octanol–water partition coefficient (Wildman–Crippen LogP) is 2.79. The molecule has 1 fully saturated rings. The summed E-state index contributed by atoms with van der Waals surface area (Å²) < 4.78 is 0. The maximum atomic E-state index is 11.9. The quantitative estimate of drug-likeness (QED) is 0.721. The molecule has 0 aromatic heterocycles. The molecule has 19 heavy (non-hydrogen) atoms. The molecule has 4 heteroatoms. The fourth-order valence-electron chi connectivity index (χ4n) is 2.63. The highest BCUT2D eigenvalue weighted by Crippen LogP contribution is 2.24. The molecule has 3 nitrogen and oxygen atoms in total. The van der Waals surface area contributed by atoms with Gasteiger partial charge in [-0.15, -0.1) is 0 Å². The van der Waals surface area contributed by atoms with E-state index >= 15 is 0 Å². The molecule has 1 amide bonds. The molecule has 0 bridgehead atoms. The van der Waals surface area contributed by atoms with Gasteiger partial charge in [0.1, 0.15) is 0 Å². The third-order valence-corrected chi connectivity index (χ3v) is 5.42. The van der Waals surface area contributed by atoms with Crippen LogP contribution in [0.25, 0.3) is 0 Å². The maximum Gasteiger partial charge on any atom is 0.220 e. The molecular weight excluding hydrogens is 256 g/mol. The Kier molecular flexibility index (Phi) is 8.55. The first kappa shape index (κ1) is 16.8. The Morgan fingerprint density at radius 3 is 2.74 bits per heavy atom. The molecule has 1 aliphatic rings. The largest absolute Gasteiger partial charge is 0.355 e. The zero-order valence-corrected chi connectivity index (χ0v) is 13.3. The van der Waals surface area contributed by atoms with Crippen LogP contribution in [0.15, 0.2) is 0 Å². The molecule has 1 heterocycles. The molecule has 1 aliphatic heterocycles. The number of rotatable bonds is 8. The zero-order chi connectivity index (χ0) is 14.1. The molecule has 1 rings (SSSR count). The fraction of sp³-hybridized carbons (Fsp3) is 0.933. The highest BCUT2D eigenvalue weighted by atomic mass is 32.2. The third kappa shape index (κ3) is 7.21. The summed E-state index contributed by atoms with van der Waals surface area (Å²) in [6.07, 6.45) is 6.57. The van der Waals surface area contributed by atoms with E-state index in [9.17, 15) is 4.79 Å². The standard InChI is InChI=1S/C15H30N2OS/c1-12(2)13(8-9-16)6-7-15(18)17-11-14-5-3-4-10-19-14/h12-14H,3-11,16H2,1-2H3,(H,17,18). The predicted molar refractivity (Wildman–Crippen MR) is 84.3 cm³/mol. The van der Waals surface area contributed by atoms with Gasteiger partial charge in [0.2, 0.25) is 5.91 Å². The van der Waals surface area contributed by atoms with Gasteiger partial charge in [0.05, 0.1) is 0 Å². The van der Waals surface area contributed by atoms with Crippen LogP contribution in [0.2, 0.25) is 0 Å². The lowest BCUT2D eigenvalue weighted by Gasteiger charge is -2.22. The number of nitrogens with one attached hydrogen (secondary N) is 1. The number of carbonyl (C=O) groups is 1. The first-order valence-electron chi connectivity index (χ1n) is 7.71. The summed E-state index contributed by atoms with van der Waals surface area (Å²) in [5, 5.41) is 3.74. The summed E-state index contributed by atoms with van der Waals surface area (Å²) in [4.78, 5) is 11.9. The second kappa shape index (κ2) is 9.65. The van der Waals surface area contributed by atoms with Gasteiger partial charge in [0.15, 0.2) is 0 Å². The van der Waals surface area contributed by atoms with Crippen molar-refractivity contribution in [1.29, 1.82) is 0 Å². The summed E-state index contributed by atoms with van der Waals surface area (Å²) in [6, 6.07) is 0. The Bertz CT molecular complexity index is 253. The van der Waals surface area contributed by atoms with Gasteiger partial charge in [-0.2, -0.15) is 11.8 Å². The van der Waals surface area contributed by atoms with Crippen molar-refractivity contribution >= 4 is 17.7 Å². The van der Waals surface area contributed by atoms with Gasteiger partial charge in [0, 0.05) is 18.2 Å². The average molecular weight is 286 g/mol. The zero-order valence-electron chi connectivity index (χ0n) is 12.5. The maximum absolute atomic E-state index is 11.9. The number of hydrogen-bond donors (Lipinski definition) is 2. The van der Waals surface area contributed by atoms with Gasteiger partial charge in [-0.1, -0.05) is 20.3 Å². The van der Waals surface area contributed by atoms with Crippen LogP contribution in [0.1, 0.15) is 52.4 Å². The van der Waals surface area contributed by atoms with E-state index in [1.54, 1.807) is 0 Å². The molecular formula is C15H30N2OS. The van der Waals surface area contributed by atoms with Crippen molar-refractivity contribution in [3.05, 3.63) is 0 Å². The minimum atomic E-state index is 0.217. The van der Waals surface area contributed by atoms with Gasteiger partial charge in [-0.3, -0.25) is 4.79 Å². The molecule has 112 valence electrons. The molecule has 0 saturated carbocycles. The van der Waals surface area contributed by atoms with E-state index < -0.39 is 0 Å². The Balaban J connectivity index is 2.15. The number of hydrogen-bond acceptors (Lipinski definition) is 3. The topological polar surface area (TPSA) is 55.1 Å². The molecule has 0 radical (unpaired) electrons. The van der Waals surface area contributed by atoms with Crippen molar-refractivity contribution in [2.75, 3.05) is 18.8 Å². The second-order valence-corrected chi connectivity index (χ2v) is 7.32. The lowest BCUT2D eigenvalue weighted by molar-refractivity contribution is -0.121. The van der Waals surface area contributed by atoms with Crippen LogP contribution in [0.3, 0.4) is 0 Å². The molecule has 0 aliphatic carbocycles. The lowest BCUT2D eigenvalue weighted by Crippen LogP contribution is -2.32. The van der Waals surface area contributed by atoms with Crippen molar-refractivity contribution in [1.82, 2.24) is 5.32 Å². The molecule has 2 atom stereocenters. The van der Waals surface area contributed by atoms with Crippen LogP contribution in [0, 0.1) is 11.8 Å². The summed E-state index contributed by atoms with van der Waals surface area (Å²) in [5.41, 5.74) is 5.63. The highest BCUT2D eigenvalue weighted by Gasteiger charge is 2.17. The van der Waals surface area contributed by atoms with Crippen LogP contribution in [-0.2, 0) is 4.79 Å². The smallest absolute Gasteiger partial charge is 0.220 e. The minimum Gasteiger partial charge on any atom is -0.355 e. The first-order valence-corrected chi connectivity index (χ1v) is 8.76. The Morgan fingerprint density at radius 2 is 2.16 bits per heavy atom. The Labute approximate surface area is 122 Å². The van der Waals surface area contributed by atoms with Gasteiger partial charge < -0.3 is 11.1 Å². The highest BCUT2D eigenvalue weighted by molar-refractivity contribution is 7.99. The van der Waals surface area contributed by atoms with Gasteiger partial charge >= 0.3 is 0 Å². The normalized spacial score (nSPS) is 21.4. The molecule has 0 aromatic rings. The summed E-state index contributed by atoms with van der Waals surface area (Å²) in [7, 11) is 0. The van der Waals surface area contributed by atoms with Crippen molar-refractivity contribution < 1.29 is 4.79 Å². The number of thioether (sulfide) groups is 1. The number of amides is 1. The summed E-state index contributed by atoms with van der Waals surface area (Å²) in [6.45, 7) is 6.02. The summed E-state index contributed by atoms with van der Waals surface area (Å²) >= 11 is 2.01. The van der Waals surface area contributed by atoms with Crippen LogP contribution < -0.4 is 11.1 Å². The van der Waals surface area contributed by atoms with Crippen LogP contribution in [0.5, 0.6) is 0 Å². The third-order valence-electron chi connectivity index (χ3n) is 4.02. The van der Waals surface area contributed by atoms with Crippen molar-refractivity contribution in [2.45, 2.75) is 57.6 Å². The Morgan fingerprint density at radius 1 is 1.37 bits per heavy atom. The Hall–Kier alpha value is -0.220. The minimum absolute atomic E-state index is 0.217. The molecule has 3 N–H and O–H groups in total.